The van der Waals surface area contributed by atoms with Gasteiger partial charge >= 0.3 is 0 Å². The standard InChI is InChI=1S/C17H35N3/c1-17(2,3)15-8-6-7-9-16(15)18-12-14-13-19(4)10-11-20(14)5/h14-16,18H,6-13H2,1-5H3. The Bertz CT molecular complexity index is 297. The molecule has 2 aliphatic rings. The summed E-state index contributed by atoms with van der Waals surface area (Å²) in [7, 11) is 4.53. The number of piperazine rings is 1. The summed E-state index contributed by atoms with van der Waals surface area (Å²) in [5.74, 6) is 0.836. The molecule has 0 radical (unpaired) electrons. The van der Waals surface area contributed by atoms with Crippen LogP contribution in [0, 0.1) is 11.3 Å². The van der Waals surface area contributed by atoms with E-state index in [-0.39, 0.29) is 0 Å². The van der Waals surface area contributed by atoms with Gasteiger partial charge in [0.05, 0.1) is 0 Å². The molecule has 0 spiro atoms. The van der Waals surface area contributed by atoms with Crippen molar-refractivity contribution in [1.29, 1.82) is 0 Å². The molecule has 0 aromatic carbocycles. The van der Waals surface area contributed by atoms with Crippen LogP contribution in [0.5, 0.6) is 0 Å². The Balaban J connectivity index is 1.87. The van der Waals surface area contributed by atoms with E-state index >= 15 is 0 Å². The van der Waals surface area contributed by atoms with Crippen LogP contribution in [0.2, 0.25) is 0 Å². The van der Waals surface area contributed by atoms with Crippen molar-refractivity contribution in [2.45, 2.75) is 58.5 Å². The summed E-state index contributed by atoms with van der Waals surface area (Å²) in [5, 5.41) is 3.93. The smallest absolute Gasteiger partial charge is 0.0345 e. The van der Waals surface area contributed by atoms with Gasteiger partial charge < -0.3 is 10.2 Å². The van der Waals surface area contributed by atoms with Gasteiger partial charge in [-0.25, -0.2) is 0 Å². The molecule has 3 nitrogen and oxygen atoms in total. The summed E-state index contributed by atoms with van der Waals surface area (Å²) < 4.78 is 0. The highest BCUT2D eigenvalue weighted by Gasteiger charge is 2.34. The first kappa shape index (κ1) is 16.3. The van der Waals surface area contributed by atoms with Gasteiger partial charge in [0.25, 0.3) is 0 Å². The molecule has 1 saturated heterocycles. The molecule has 1 saturated carbocycles. The van der Waals surface area contributed by atoms with E-state index in [4.69, 9.17) is 0 Å². The Morgan fingerprint density at radius 3 is 2.45 bits per heavy atom. The van der Waals surface area contributed by atoms with Crippen LogP contribution in [0.1, 0.15) is 46.5 Å². The summed E-state index contributed by atoms with van der Waals surface area (Å²) in [6.07, 6.45) is 5.60. The number of rotatable bonds is 3. The van der Waals surface area contributed by atoms with E-state index in [1.54, 1.807) is 0 Å². The molecule has 0 aromatic rings. The molecule has 0 amide bonds. The van der Waals surface area contributed by atoms with Gasteiger partial charge in [0.15, 0.2) is 0 Å². The molecule has 3 unspecified atom stereocenters. The second kappa shape index (κ2) is 6.76. The van der Waals surface area contributed by atoms with Crippen molar-refractivity contribution in [1.82, 2.24) is 15.1 Å². The fourth-order valence-electron chi connectivity index (χ4n) is 4.02. The van der Waals surface area contributed by atoms with Crippen molar-refractivity contribution in [3.05, 3.63) is 0 Å². The lowest BCUT2D eigenvalue weighted by Gasteiger charge is -2.43. The van der Waals surface area contributed by atoms with Crippen molar-refractivity contribution >= 4 is 0 Å². The maximum Gasteiger partial charge on any atom is 0.0345 e. The van der Waals surface area contributed by atoms with Crippen molar-refractivity contribution in [3.8, 4) is 0 Å². The molecule has 0 aromatic heterocycles. The third-order valence-electron chi connectivity index (χ3n) is 5.47. The molecule has 1 N–H and O–H groups in total. The number of nitrogens with one attached hydrogen (secondary N) is 1. The normalized spacial score (nSPS) is 34.4. The molecule has 1 aliphatic heterocycles. The Kier molecular flexibility index (Phi) is 5.49. The molecule has 118 valence electrons. The van der Waals surface area contributed by atoms with E-state index in [2.05, 4.69) is 50.0 Å². The Labute approximate surface area is 126 Å². The van der Waals surface area contributed by atoms with Crippen LogP contribution in [-0.4, -0.2) is 62.2 Å². The highest BCUT2D eigenvalue weighted by molar-refractivity contribution is 4.90. The molecular weight excluding hydrogens is 246 g/mol. The van der Waals surface area contributed by atoms with Crippen molar-refractivity contribution in [2.75, 3.05) is 40.3 Å². The molecule has 3 heteroatoms. The molecule has 1 heterocycles. The van der Waals surface area contributed by atoms with Crippen LogP contribution >= 0.6 is 0 Å². The lowest BCUT2D eigenvalue weighted by atomic mass is 9.69. The molecule has 20 heavy (non-hydrogen) atoms. The number of likely N-dealkylation sites (N-methyl/N-ethyl adjacent to an activating group) is 2. The van der Waals surface area contributed by atoms with Gasteiger partial charge in [-0.2, -0.15) is 0 Å². The second-order valence-corrected chi connectivity index (χ2v) is 8.17. The van der Waals surface area contributed by atoms with E-state index in [0.717, 1.165) is 18.5 Å². The highest BCUT2D eigenvalue weighted by Crippen LogP contribution is 2.37. The molecule has 3 atom stereocenters. The summed E-state index contributed by atoms with van der Waals surface area (Å²) in [4.78, 5) is 5.00. The minimum absolute atomic E-state index is 0.438. The fourth-order valence-corrected chi connectivity index (χ4v) is 4.02. The van der Waals surface area contributed by atoms with Gasteiger partial charge in [0, 0.05) is 38.3 Å². The average molecular weight is 281 g/mol. The first-order chi connectivity index (χ1) is 9.38. The van der Waals surface area contributed by atoms with Crippen LogP contribution in [0.25, 0.3) is 0 Å². The quantitative estimate of drug-likeness (QED) is 0.857. The minimum atomic E-state index is 0.438. The van der Waals surface area contributed by atoms with Gasteiger partial charge in [-0.3, -0.25) is 4.90 Å². The molecule has 2 fully saturated rings. The molecule has 0 bridgehead atoms. The third-order valence-corrected chi connectivity index (χ3v) is 5.47. The van der Waals surface area contributed by atoms with E-state index in [1.807, 2.05) is 0 Å². The predicted octanol–water partition coefficient (Wildman–Crippen LogP) is 2.43. The first-order valence-electron chi connectivity index (χ1n) is 8.50. The van der Waals surface area contributed by atoms with E-state index < -0.39 is 0 Å². The topological polar surface area (TPSA) is 18.5 Å². The predicted molar refractivity (Wildman–Crippen MR) is 87.1 cm³/mol. The number of nitrogens with zero attached hydrogens (tertiary/aromatic N) is 2. The summed E-state index contributed by atoms with van der Waals surface area (Å²) >= 11 is 0. The lowest BCUT2D eigenvalue weighted by Crippen LogP contribution is -2.56. The fraction of sp³-hybridized carbons (Fsp3) is 1.00. The maximum atomic E-state index is 3.93. The van der Waals surface area contributed by atoms with E-state index in [9.17, 15) is 0 Å². The maximum absolute atomic E-state index is 3.93. The first-order valence-corrected chi connectivity index (χ1v) is 8.50. The van der Waals surface area contributed by atoms with Gasteiger partial charge in [0.2, 0.25) is 0 Å². The monoisotopic (exact) mass is 281 g/mol. The summed E-state index contributed by atoms with van der Waals surface area (Å²) in [6.45, 7) is 12.0. The van der Waals surface area contributed by atoms with Crippen molar-refractivity contribution in [3.63, 3.8) is 0 Å². The highest BCUT2D eigenvalue weighted by atomic mass is 15.3. The van der Waals surface area contributed by atoms with Crippen molar-refractivity contribution < 1.29 is 0 Å². The Morgan fingerprint density at radius 1 is 1.05 bits per heavy atom. The van der Waals surface area contributed by atoms with Gasteiger partial charge in [-0.05, 0) is 38.3 Å². The summed E-state index contributed by atoms with van der Waals surface area (Å²) in [5.41, 5.74) is 0.438. The van der Waals surface area contributed by atoms with E-state index in [1.165, 1.54) is 45.3 Å². The SMILES string of the molecule is CN1CCN(C)C(CNC2CCCCC2C(C)(C)C)C1. The minimum Gasteiger partial charge on any atom is -0.312 e. The molecular formula is C17H35N3. The van der Waals surface area contributed by atoms with Crippen LogP contribution < -0.4 is 5.32 Å². The number of hydrogen-bond donors (Lipinski definition) is 1. The zero-order valence-electron chi connectivity index (χ0n) is 14.3. The van der Waals surface area contributed by atoms with Crippen LogP contribution in [0.3, 0.4) is 0 Å². The summed E-state index contributed by atoms with van der Waals surface area (Å²) in [6, 6.07) is 1.40. The van der Waals surface area contributed by atoms with Gasteiger partial charge in [-0.15, -0.1) is 0 Å². The second-order valence-electron chi connectivity index (χ2n) is 8.17. The van der Waals surface area contributed by atoms with Crippen LogP contribution in [0.4, 0.5) is 0 Å². The zero-order valence-corrected chi connectivity index (χ0v) is 14.3. The lowest BCUT2D eigenvalue weighted by molar-refractivity contribution is 0.0916. The van der Waals surface area contributed by atoms with Gasteiger partial charge in [0.1, 0.15) is 0 Å². The average Bonchev–Trinajstić information content (AvgIpc) is 2.39. The van der Waals surface area contributed by atoms with Gasteiger partial charge in [-0.1, -0.05) is 33.6 Å². The number of hydrogen-bond acceptors (Lipinski definition) is 3. The molecule has 1 aliphatic carbocycles. The Morgan fingerprint density at radius 2 is 1.75 bits per heavy atom. The molecule has 2 rings (SSSR count). The Hall–Kier alpha value is -0.120. The third kappa shape index (κ3) is 4.19. The van der Waals surface area contributed by atoms with Crippen LogP contribution in [0.15, 0.2) is 0 Å². The zero-order chi connectivity index (χ0) is 14.8. The van der Waals surface area contributed by atoms with Crippen molar-refractivity contribution in [2.24, 2.45) is 11.3 Å². The van der Waals surface area contributed by atoms with E-state index in [0.29, 0.717) is 11.5 Å². The largest absolute Gasteiger partial charge is 0.312 e. The van der Waals surface area contributed by atoms with Crippen LogP contribution in [-0.2, 0) is 0 Å².